The van der Waals surface area contributed by atoms with E-state index in [0.29, 0.717) is 11.4 Å². The highest BCUT2D eigenvalue weighted by molar-refractivity contribution is 7.89. The maximum Gasteiger partial charge on any atom is 0.240 e. The Bertz CT molecular complexity index is 927. The van der Waals surface area contributed by atoms with Gasteiger partial charge in [0.15, 0.2) is 0 Å². The third-order valence-electron chi connectivity index (χ3n) is 3.25. The largest absolute Gasteiger partial charge is 0.264 e. The second kappa shape index (κ2) is 7.40. The number of thiazole rings is 1. The Morgan fingerprint density at radius 1 is 1.21 bits per heavy atom. The molecule has 0 amide bonds. The molecule has 124 valence electrons. The van der Waals surface area contributed by atoms with Crippen molar-refractivity contribution in [1.82, 2.24) is 14.7 Å². The standard InChI is InChI=1S/C16H14ClN3O2S2/c17-13-4-1-5-14(9-13)24(21,22)19-8-6-16-20-15(11-23-16)12-3-2-7-18-10-12/h1-5,7,9-11,19H,6,8H2. The number of pyridine rings is 1. The summed E-state index contributed by atoms with van der Waals surface area (Å²) >= 11 is 7.33. The summed E-state index contributed by atoms with van der Waals surface area (Å²) < 4.78 is 27.0. The number of sulfonamides is 1. The molecule has 8 heteroatoms. The molecule has 5 nitrogen and oxygen atoms in total. The van der Waals surface area contributed by atoms with Crippen molar-refractivity contribution in [2.75, 3.05) is 6.54 Å². The molecule has 0 aliphatic rings. The van der Waals surface area contributed by atoms with E-state index in [1.165, 1.54) is 23.5 Å². The molecule has 0 atom stereocenters. The maximum atomic E-state index is 12.2. The minimum Gasteiger partial charge on any atom is -0.264 e. The van der Waals surface area contributed by atoms with E-state index in [1.807, 2.05) is 17.5 Å². The van der Waals surface area contributed by atoms with E-state index >= 15 is 0 Å². The summed E-state index contributed by atoms with van der Waals surface area (Å²) in [4.78, 5) is 8.73. The zero-order valence-electron chi connectivity index (χ0n) is 12.5. The van der Waals surface area contributed by atoms with Crippen LogP contribution in [0.3, 0.4) is 0 Å². The van der Waals surface area contributed by atoms with Gasteiger partial charge in [-0.25, -0.2) is 18.1 Å². The Hall–Kier alpha value is -1.80. The summed E-state index contributed by atoms with van der Waals surface area (Å²) in [6.07, 6.45) is 3.98. The summed E-state index contributed by atoms with van der Waals surface area (Å²) in [7, 11) is -3.57. The number of aromatic nitrogens is 2. The third kappa shape index (κ3) is 4.18. The molecule has 2 heterocycles. The topological polar surface area (TPSA) is 72.0 Å². The van der Waals surface area contributed by atoms with Crippen LogP contribution in [0.2, 0.25) is 5.02 Å². The van der Waals surface area contributed by atoms with Crippen molar-refractivity contribution in [2.45, 2.75) is 11.3 Å². The first-order valence-corrected chi connectivity index (χ1v) is 9.89. The number of rotatable bonds is 6. The fourth-order valence-electron chi connectivity index (χ4n) is 2.08. The van der Waals surface area contributed by atoms with Gasteiger partial charge >= 0.3 is 0 Å². The zero-order valence-corrected chi connectivity index (χ0v) is 14.9. The molecule has 3 aromatic rings. The minimum absolute atomic E-state index is 0.158. The van der Waals surface area contributed by atoms with Crippen molar-refractivity contribution in [2.24, 2.45) is 0 Å². The summed E-state index contributed by atoms with van der Waals surface area (Å²) in [6.45, 7) is 0.273. The van der Waals surface area contributed by atoms with Crippen LogP contribution < -0.4 is 4.72 Å². The molecule has 0 aliphatic heterocycles. The van der Waals surface area contributed by atoms with Gasteiger partial charge in [-0.05, 0) is 30.3 Å². The van der Waals surface area contributed by atoms with Crippen LogP contribution in [0.25, 0.3) is 11.3 Å². The lowest BCUT2D eigenvalue weighted by molar-refractivity contribution is 0.581. The predicted octanol–water partition coefficient (Wildman–Crippen LogP) is 3.38. The summed E-state index contributed by atoms with van der Waals surface area (Å²) in [6, 6.07) is 9.97. The van der Waals surface area contributed by atoms with Crippen molar-refractivity contribution in [1.29, 1.82) is 0 Å². The van der Waals surface area contributed by atoms with Gasteiger partial charge in [0.25, 0.3) is 0 Å². The monoisotopic (exact) mass is 379 g/mol. The average Bonchev–Trinajstić information content (AvgIpc) is 3.04. The average molecular weight is 380 g/mol. The highest BCUT2D eigenvalue weighted by atomic mass is 35.5. The fraction of sp³-hybridized carbons (Fsp3) is 0.125. The third-order valence-corrected chi connectivity index (χ3v) is 5.85. The Morgan fingerprint density at radius 3 is 2.83 bits per heavy atom. The van der Waals surface area contributed by atoms with Crippen LogP contribution in [0.5, 0.6) is 0 Å². The van der Waals surface area contributed by atoms with Gasteiger partial charge in [-0.3, -0.25) is 4.98 Å². The Labute approximate surface area is 149 Å². The van der Waals surface area contributed by atoms with Crippen LogP contribution in [0, 0.1) is 0 Å². The second-order valence-corrected chi connectivity index (χ2v) is 8.12. The molecular weight excluding hydrogens is 366 g/mol. The number of hydrogen-bond donors (Lipinski definition) is 1. The first-order chi connectivity index (χ1) is 11.5. The van der Waals surface area contributed by atoms with E-state index in [-0.39, 0.29) is 11.4 Å². The van der Waals surface area contributed by atoms with E-state index in [2.05, 4.69) is 14.7 Å². The lowest BCUT2D eigenvalue weighted by Gasteiger charge is -2.06. The molecule has 24 heavy (non-hydrogen) atoms. The number of hydrogen-bond acceptors (Lipinski definition) is 5. The summed E-state index contributed by atoms with van der Waals surface area (Å²) in [5.41, 5.74) is 1.79. The van der Waals surface area contributed by atoms with Crippen LogP contribution in [0.4, 0.5) is 0 Å². The van der Waals surface area contributed by atoms with Crippen molar-refractivity contribution in [3.8, 4) is 11.3 Å². The molecule has 0 aliphatic carbocycles. The van der Waals surface area contributed by atoms with Crippen molar-refractivity contribution in [3.63, 3.8) is 0 Å². The highest BCUT2D eigenvalue weighted by Gasteiger charge is 2.14. The minimum atomic E-state index is -3.57. The molecule has 0 unspecified atom stereocenters. The van der Waals surface area contributed by atoms with Crippen molar-refractivity contribution >= 4 is 33.0 Å². The van der Waals surface area contributed by atoms with Crippen LogP contribution in [0.1, 0.15) is 5.01 Å². The van der Waals surface area contributed by atoms with Gasteiger partial charge < -0.3 is 0 Å². The Kier molecular flexibility index (Phi) is 5.25. The molecule has 3 rings (SSSR count). The first kappa shape index (κ1) is 17.0. The van der Waals surface area contributed by atoms with Gasteiger partial charge in [-0.15, -0.1) is 11.3 Å². The van der Waals surface area contributed by atoms with E-state index in [9.17, 15) is 8.42 Å². The molecule has 0 bridgehead atoms. The van der Waals surface area contributed by atoms with Gasteiger partial charge in [-0.2, -0.15) is 0 Å². The molecule has 1 N–H and O–H groups in total. The van der Waals surface area contributed by atoms with Gasteiger partial charge in [0.05, 0.1) is 15.6 Å². The van der Waals surface area contributed by atoms with Gasteiger partial charge in [0.2, 0.25) is 10.0 Å². The van der Waals surface area contributed by atoms with Crippen molar-refractivity contribution < 1.29 is 8.42 Å². The molecule has 2 aromatic heterocycles. The van der Waals surface area contributed by atoms with Gasteiger partial charge in [-0.1, -0.05) is 17.7 Å². The van der Waals surface area contributed by atoms with Gasteiger partial charge in [0.1, 0.15) is 0 Å². The smallest absolute Gasteiger partial charge is 0.240 e. The van der Waals surface area contributed by atoms with Crippen molar-refractivity contribution in [3.05, 3.63) is 64.2 Å². The quantitative estimate of drug-likeness (QED) is 0.712. The fourth-order valence-corrected chi connectivity index (χ4v) is 4.22. The zero-order chi connectivity index (χ0) is 17.0. The summed E-state index contributed by atoms with van der Waals surface area (Å²) in [5.74, 6) is 0. The maximum absolute atomic E-state index is 12.2. The van der Waals surface area contributed by atoms with Crippen LogP contribution in [0.15, 0.2) is 59.1 Å². The molecule has 1 aromatic carbocycles. The Morgan fingerprint density at radius 2 is 2.08 bits per heavy atom. The van der Waals surface area contributed by atoms with Crippen LogP contribution in [-0.2, 0) is 16.4 Å². The van der Waals surface area contributed by atoms with E-state index in [4.69, 9.17) is 11.6 Å². The van der Waals surface area contributed by atoms with Gasteiger partial charge in [0, 0.05) is 41.3 Å². The van der Waals surface area contributed by atoms with Crippen LogP contribution in [-0.4, -0.2) is 24.9 Å². The Balaban J connectivity index is 1.62. The van der Waals surface area contributed by atoms with Crippen LogP contribution >= 0.6 is 22.9 Å². The molecule has 0 radical (unpaired) electrons. The molecular formula is C16H14ClN3O2S2. The summed E-state index contributed by atoms with van der Waals surface area (Å²) in [5, 5.41) is 3.19. The lowest BCUT2D eigenvalue weighted by atomic mass is 10.2. The number of nitrogens with zero attached hydrogens (tertiary/aromatic N) is 2. The molecule has 0 saturated carbocycles. The predicted molar refractivity (Wildman–Crippen MR) is 95.7 cm³/mol. The number of benzene rings is 1. The molecule has 0 saturated heterocycles. The van der Waals surface area contributed by atoms with E-state index in [0.717, 1.165) is 16.3 Å². The highest BCUT2D eigenvalue weighted by Crippen LogP contribution is 2.21. The lowest BCUT2D eigenvalue weighted by Crippen LogP contribution is -2.25. The first-order valence-electron chi connectivity index (χ1n) is 7.15. The normalized spacial score (nSPS) is 11.5. The number of nitrogens with one attached hydrogen (secondary N) is 1. The number of halogens is 1. The SMILES string of the molecule is O=S(=O)(NCCc1nc(-c2cccnc2)cs1)c1cccc(Cl)c1. The van der Waals surface area contributed by atoms with E-state index < -0.39 is 10.0 Å². The molecule has 0 fully saturated rings. The molecule has 0 spiro atoms. The van der Waals surface area contributed by atoms with E-state index in [1.54, 1.807) is 24.5 Å². The second-order valence-electron chi connectivity index (χ2n) is 4.97.